The third-order valence-corrected chi connectivity index (χ3v) is 7.64. The van der Waals surface area contributed by atoms with Crippen LogP contribution in [-0.4, -0.2) is 119 Å². The van der Waals surface area contributed by atoms with Crippen LogP contribution in [0.3, 0.4) is 0 Å². The first kappa shape index (κ1) is 37.6. The van der Waals surface area contributed by atoms with E-state index >= 15 is 0 Å². The van der Waals surface area contributed by atoms with E-state index < -0.39 is 10.1 Å². The fraction of sp³-hybridized carbons (Fsp3) is 0.515. The van der Waals surface area contributed by atoms with Crippen LogP contribution < -0.4 is 9.47 Å². The Labute approximate surface area is 271 Å². The van der Waals surface area contributed by atoms with Gasteiger partial charge in [0.1, 0.15) is 24.7 Å². The van der Waals surface area contributed by atoms with Crippen molar-refractivity contribution in [1.29, 1.82) is 0 Å². The standard InChI is InChI=1S/C33H46O12S/c1-28-8-10-29(11-9-28)46(35,36)45-27-24-42-21-18-39-17-20-41-23-26-44-33-7-3-4-30-31(33)5-2-6-32(30)43-25-22-40-19-16-38-15-14-37-13-12-34/h2-11,34H,12-27H2,1H3. The zero-order chi connectivity index (χ0) is 32.7. The van der Waals surface area contributed by atoms with E-state index in [1.807, 2.05) is 43.3 Å². The average molecular weight is 667 g/mol. The van der Waals surface area contributed by atoms with E-state index in [0.29, 0.717) is 85.9 Å². The van der Waals surface area contributed by atoms with Gasteiger partial charge in [0.05, 0.1) is 97.4 Å². The van der Waals surface area contributed by atoms with Crippen molar-refractivity contribution < 1.29 is 55.6 Å². The first-order chi connectivity index (χ1) is 22.5. The predicted octanol–water partition coefficient (Wildman–Crippen LogP) is 3.40. The fourth-order valence-electron chi connectivity index (χ4n) is 4.05. The molecule has 12 nitrogen and oxygen atoms in total. The normalized spacial score (nSPS) is 11.7. The van der Waals surface area contributed by atoms with Gasteiger partial charge in [0, 0.05) is 10.8 Å². The number of aliphatic hydroxyl groups is 1. The summed E-state index contributed by atoms with van der Waals surface area (Å²) < 4.78 is 73.7. The van der Waals surface area contributed by atoms with Gasteiger partial charge in [-0.2, -0.15) is 8.42 Å². The number of hydrogen-bond acceptors (Lipinski definition) is 12. The summed E-state index contributed by atoms with van der Waals surface area (Å²) >= 11 is 0. The number of rotatable bonds is 27. The van der Waals surface area contributed by atoms with Gasteiger partial charge in [0.2, 0.25) is 0 Å². The molecule has 256 valence electrons. The lowest BCUT2D eigenvalue weighted by Crippen LogP contribution is -2.15. The third-order valence-electron chi connectivity index (χ3n) is 6.31. The maximum atomic E-state index is 12.1. The van der Waals surface area contributed by atoms with Gasteiger partial charge in [0.25, 0.3) is 10.1 Å². The first-order valence-electron chi connectivity index (χ1n) is 15.3. The summed E-state index contributed by atoms with van der Waals surface area (Å²) in [6.07, 6.45) is 0. The molecule has 0 atom stereocenters. The van der Waals surface area contributed by atoms with Crippen LogP contribution in [0, 0.1) is 6.92 Å². The highest BCUT2D eigenvalue weighted by molar-refractivity contribution is 7.86. The van der Waals surface area contributed by atoms with E-state index in [9.17, 15) is 8.42 Å². The lowest BCUT2D eigenvalue weighted by Gasteiger charge is -2.13. The molecule has 3 aromatic carbocycles. The van der Waals surface area contributed by atoms with Crippen LogP contribution in [-0.2, 0) is 42.7 Å². The van der Waals surface area contributed by atoms with Crippen LogP contribution in [0.5, 0.6) is 11.5 Å². The zero-order valence-corrected chi connectivity index (χ0v) is 27.2. The van der Waals surface area contributed by atoms with E-state index in [0.717, 1.165) is 27.8 Å². The number of aliphatic hydroxyl groups excluding tert-OH is 1. The summed E-state index contributed by atoms with van der Waals surface area (Å²) in [7, 11) is -3.79. The second-order valence-electron chi connectivity index (χ2n) is 9.79. The second-order valence-corrected chi connectivity index (χ2v) is 11.4. The average Bonchev–Trinajstić information content (AvgIpc) is 3.06. The molecule has 0 heterocycles. The van der Waals surface area contributed by atoms with E-state index in [-0.39, 0.29) is 24.7 Å². The van der Waals surface area contributed by atoms with Crippen molar-refractivity contribution >= 4 is 20.9 Å². The summed E-state index contributed by atoms with van der Waals surface area (Å²) in [6.45, 7) is 7.19. The summed E-state index contributed by atoms with van der Waals surface area (Å²) in [5.74, 6) is 1.49. The molecule has 1 N–H and O–H groups in total. The molecule has 0 bridgehead atoms. The van der Waals surface area contributed by atoms with Crippen molar-refractivity contribution in [2.24, 2.45) is 0 Å². The van der Waals surface area contributed by atoms with Crippen molar-refractivity contribution in [3.05, 3.63) is 66.2 Å². The van der Waals surface area contributed by atoms with Crippen molar-refractivity contribution in [3.63, 3.8) is 0 Å². The van der Waals surface area contributed by atoms with Crippen molar-refractivity contribution in [3.8, 4) is 11.5 Å². The number of fused-ring (bicyclic) bond motifs is 1. The topological polar surface area (TPSA) is 137 Å². The molecule has 46 heavy (non-hydrogen) atoms. The molecule has 0 spiro atoms. The highest BCUT2D eigenvalue weighted by Crippen LogP contribution is 2.32. The Morgan fingerprint density at radius 3 is 1.33 bits per heavy atom. The SMILES string of the molecule is Cc1ccc(S(=O)(=O)OCCOCCOCCOCCOc2cccc3c(OCCOCCOCCOCCO)cccc23)cc1. The molecule has 0 saturated heterocycles. The Morgan fingerprint density at radius 1 is 0.500 bits per heavy atom. The number of aryl methyl sites for hydroxylation is 1. The summed E-state index contributed by atoms with van der Waals surface area (Å²) in [6, 6.07) is 18.1. The van der Waals surface area contributed by atoms with Crippen molar-refractivity contribution in [2.75, 3.05) is 106 Å². The third kappa shape index (κ3) is 14.7. The Balaban J connectivity index is 1.19. The van der Waals surface area contributed by atoms with Gasteiger partial charge in [-0.3, -0.25) is 4.18 Å². The molecule has 3 rings (SSSR count). The monoisotopic (exact) mass is 666 g/mol. The molecule has 0 fully saturated rings. The van der Waals surface area contributed by atoms with Gasteiger partial charge in [-0.15, -0.1) is 0 Å². The lowest BCUT2D eigenvalue weighted by atomic mass is 10.1. The van der Waals surface area contributed by atoms with Gasteiger partial charge in [0.15, 0.2) is 0 Å². The number of benzene rings is 3. The van der Waals surface area contributed by atoms with Crippen LogP contribution in [0.4, 0.5) is 0 Å². The molecule has 13 heteroatoms. The molecule has 0 saturated carbocycles. The Bertz CT molecular complexity index is 1330. The Morgan fingerprint density at radius 2 is 0.891 bits per heavy atom. The summed E-state index contributed by atoms with van der Waals surface area (Å²) in [5, 5.41) is 10.5. The van der Waals surface area contributed by atoms with Crippen LogP contribution in [0.15, 0.2) is 65.6 Å². The molecule has 0 aliphatic rings. The molecular formula is C33H46O12S. The molecule has 3 aromatic rings. The molecule has 0 amide bonds. The summed E-state index contributed by atoms with van der Waals surface area (Å²) in [4.78, 5) is 0.124. The fourth-order valence-corrected chi connectivity index (χ4v) is 4.94. The molecule has 0 aliphatic carbocycles. The molecule has 0 aromatic heterocycles. The Kier molecular flexibility index (Phi) is 18.5. The smallest absolute Gasteiger partial charge is 0.297 e. The van der Waals surface area contributed by atoms with E-state index in [1.54, 1.807) is 12.1 Å². The zero-order valence-electron chi connectivity index (χ0n) is 26.4. The minimum absolute atomic E-state index is 0.00833. The van der Waals surface area contributed by atoms with Gasteiger partial charge in [-0.1, -0.05) is 42.0 Å². The largest absolute Gasteiger partial charge is 0.491 e. The first-order valence-corrected chi connectivity index (χ1v) is 16.7. The van der Waals surface area contributed by atoms with E-state index in [1.165, 1.54) is 12.1 Å². The van der Waals surface area contributed by atoms with Crippen LogP contribution >= 0.6 is 0 Å². The number of hydrogen-bond donors (Lipinski definition) is 1. The van der Waals surface area contributed by atoms with Crippen molar-refractivity contribution in [2.45, 2.75) is 11.8 Å². The van der Waals surface area contributed by atoms with Crippen LogP contribution in [0.1, 0.15) is 5.56 Å². The minimum atomic E-state index is -3.79. The molecule has 0 unspecified atom stereocenters. The highest BCUT2D eigenvalue weighted by Gasteiger charge is 2.14. The quantitative estimate of drug-likeness (QED) is 0.0943. The lowest BCUT2D eigenvalue weighted by molar-refractivity contribution is 0.00367. The Hall–Kier alpha value is -2.85. The maximum absolute atomic E-state index is 12.1. The van der Waals surface area contributed by atoms with Gasteiger partial charge in [-0.05, 0) is 31.2 Å². The summed E-state index contributed by atoms with van der Waals surface area (Å²) in [5.41, 5.74) is 0.972. The minimum Gasteiger partial charge on any atom is -0.491 e. The van der Waals surface area contributed by atoms with Crippen LogP contribution in [0.25, 0.3) is 10.8 Å². The predicted molar refractivity (Wildman–Crippen MR) is 171 cm³/mol. The maximum Gasteiger partial charge on any atom is 0.297 e. The molecule has 0 aliphatic heterocycles. The van der Waals surface area contributed by atoms with Crippen LogP contribution in [0.2, 0.25) is 0 Å². The highest BCUT2D eigenvalue weighted by atomic mass is 32.2. The molecule has 0 radical (unpaired) electrons. The molecular weight excluding hydrogens is 620 g/mol. The van der Waals surface area contributed by atoms with Gasteiger partial charge >= 0.3 is 0 Å². The van der Waals surface area contributed by atoms with E-state index in [2.05, 4.69) is 0 Å². The van der Waals surface area contributed by atoms with E-state index in [4.69, 9.17) is 47.2 Å². The van der Waals surface area contributed by atoms with Gasteiger partial charge in [-0.25, -0.2) is 0 Å². The second kappa shape index (κ2) is 22.6. The number of ether oxygens (including phenoxy) is 8. The van der Waals surface area contributed by atoms with Gasteiger partial charge < -0.3 is 43.0 Å². The van der Waals surface area contributed by atoms with Crippen molar-refractivity contribution in [1.82, 2.24) is 0 Å².